The van der Waals surface area contributed by atoms with Crippen LogP contribution in [-0.2, 0) is 28.6 Å². The second-order valence-electron chi connectivity index (χ2n) is 21.6. The van der Waals surface area contributed by atoms with Crippen LogP contribution in [0.15, 0.2) is 146 Å². The van der Waals surface area contributed by atoms with E-state index < -0.39 is 6.10 Å². The molecular formula is C75H122O6. The maximum absolute atomic E-state index is 12.9. The molecule has 0 spiro atoms. The number of hydrogen-bond acceptors (Lipinski definition) is 6. The van der Waals surface area contributed by atoms with Crippen LogP contribution in [0.25, 0.3) is 0 Å². The minimum atomic E-state index is -0.804. The Morgan fingerprint density at radius 1 is 0.259 bits per heavy atom. The molecule has 0 rings (SSSR count). The minimum absolute atomic E-state index is 0.0995. The third kappa shape index (κ3) is 66.0. The third-order valence-electron chi connectivity index (χ3n) is 13.8. The number of carbonyl (C=O) groups excluding carboxylic acids is 3. The number of esters is 3. The average Bonchev–Trinajstić information content (AvgIpc) is 3.46. The van der Waals surface area contributed by atoms with Crippen molar-refractivity contribution in [1.29, 1.82) is 0 Å². The summed E-state index contributed by atoms with van der Waals surface area (Å²) in [5.74, 6) is -0.938. The van der Waals surface area contributed by atoms with Crippen molar-refractivity contribution in [3.8, 4) is 0 Å². The van der Waals surface area contributed by atoms with Crippen molar-refractivity contribution in [3.05, 3.63) is 146 Å². The fraction of sp³-hybridized carbons (Fsp3) is 0.640. The van der Waals surface area contributed by atoms with Gasteiger partial charge in [-0.3, -0.25) is 14.4 Å². The topological polar surface area (TPSA) is 78.9 Å². The molecule has 0 saturated carbocycles. The summed E-state index contributed by atoms with van der Waals surface area (Å²) in [5.41, 5.74) is 0. The summed E-state index contributed by atoms with van der Waals surface area (Å²) in [6, 6.07) is 0. The van der Waals surface area contributed by atoms with Crippen molar-refractivity contribution < 1.29 is 28.6 Å². The van der Waals surface area contributed by atoms with Crippen LogP contribution in [0.3, 0.4) is 0 Å². The Labute approximate surface area is 499 Å². The van der Waals surface area contributed by atoms with Crippen molar-refractivity contribution in [2.45, 2.75) is 297 Å². The molecule has 0 N–H and O–H groups in total. The molecule has 1 atom stereocenters. The first-order valence-corrected chi connectivity index (χ1v) is 33.3. The monoisotopic (exact) mass is 1120 g/mol. The maximum Gasteiger partial charge on any atom is 0.306 e. The zero-order valence-electron chi connectivity index (χ0n) is 52.5. The van der Waals surface area contributed by atoms with Gasteiger partial charge in [-0.05, 0) is 141 Å². The van der Waals surface area contributed by atoms with Crippen LogP contribution in [0, 0.1) is 0 Å². The molecule has 458 valence electrons. The molecule has 6 nitrogen and oxygen atoms in total. The Morgan fingerprint density at radius 2 is 0.506 bits per heavy atom. The smallest absolute Gasteiger partial charge is 0.306 e. The first kappa shape index (κ1) is 76.3. The molecule has 0 aromatic carbocycles. The molecule has 0 fully saturated rings. The molecule has 0 aromatic rings. The quantitative estimate of drug-likeness (QED) is 0.0261. The lowest BCUT2D eigenvalue weighted by Gasteiger charge is -2.18. The van der Waals surface area contributed by atoms with E-state index in [1.165, 1.54) is 77.0 Å². The number of ether oxygens (including phenoxy) is 3. The molecule has 81 heavy (non-hydrogen) atoms. The summed E-state index contributed by atoms with van der Waals surface area (Å²) >= 11 is 0. The van der Waals surface area contributed by atoms with E-state index in [9.17, 15) is 14.4 Å². The van der Waals surface area contributed by atoms with E-state index in [0.29, 0.717) is 19.3 Å². The van der Waals surface area contributed by atoms with E-state index >= 15 is 0 Å². The molecule has 0 aliphatic carbocycles. The van der Waals surface area contributed by atoms with E-state index in [1.54, 1.807) is 0 Å². The standard InChI is InChI=1S/C75H122O6/c1-4-7-10-13-16-19-22-25-27-29-31-33-35-36-37-38-40-41-43-45-47-50-53-56-59-62-65-68-74(77)80-71-72(70-79-73(76)67-64-61-58-55-52-49-24-21-18-15-12-9-6-3)81-75(78)69-66-63-60-57-54-51-48-46-44-42-39-34-32-30-28-26-23-20-17-14-11-8-5-2/h7,10,12,15-16,19,21,23-27,30-33,36-37,39-42,45,47,72H,4-6,8-9,11,13-14,17-18,20,22,28-29,34-35,38,43-44,46,48-71H2,1-3H3/b10-7-,15-12-,19-16-,24-21-,26-23-,27-25-,32-30-,33-31-,37-36-,41-40-,42-39-,47-45-. The van der Waals surface area contributed by atoms with Gasteiger partial charge in [0.05, 0.1) is 0 Å². The van der Waals surface area contributed by atoms with Gasteiger partial charge in [0, 0.05) is 19.3 Å². The van der Waals surface area contributed by atoms with Crippen molar-refractivity contribution in [1.82, 2.24) is 0 Å². The largest absolute Gasteiger partial charge is 0.462 e. The van der Waals surface area contributed by atoms with E-state index in [-0.39, 0.29) is 31.1 Å². The fourth-order valence-electron chi connectivity index (χ4n) is 8.82. The third-order valence-corrected chi connectivity index (χ3v) is 13.8. The van der Waals surface area contributed by atoms with Gasteiger partial charge in [0.15, 0.2) is 6.10 Å². The molecule has 6 heteroatoms. The Bertz CT molecular complexity index is 1760. The lowest BCUT2D eigenvalue weighted by atomic mass is 10.1. The molecule has 0 aliphatic rings. The SMILES string of the molecule is CC/C=C\C/C=C\C/C=C\C/C=C\C/C=C\C/C=C\C/C=C\CCCCCCCC(=O)OCC(COC(=O)CCCCCCC/C=C\C/C=C\CCC)OC(=O)CCCCCCCCCC/C=C\C/C=C\C/C=C\CCCCCCC. The van der Waals surface area contributed by atoms with Gasteiger partial charge in [-0.25, -0.2) is 0 Å². The predicted molar refractivity (Wildman–Crippen MR) is 352 cm³/mol. The highest BCUT2D eigenvalue weighted by Crippen LogP contribution is 2.15. The highest BCUT2D eigenvalue weighted by atomic mass is 16.6. The van der Waals surface area contributed by atoms with Crippen molar-refractivity contribution in [2.24, 2.45) is 0 Å². The summed E-state index contributed by atoms with van der Waals surface area (Å²) in [5, 5.41) is 0. The van der Waals surface area contributed by atoms with Gasteiger partial charge in [-0.1, -0.05) is 276 Å². The molecule has 0 radical (unpaired) electrons. The van der Waals surface area contributed by atoms with Gasteiger partial charge < -0.3 is 14.2 Å². The zero-order chi connectivity index (χ0) is 58.5. The summed E-state index contributed by atoms with van der Waals surface area (Å²) in [6.45, 7) is 6.42. The van der Waals surface area contributed by atoms with Crippen LogP contribution in [0.2, 0.25) is 0 Å². The number of hydrogen-bond donors (Lipinski definition) is 0. The van der Waals surface area contributed by atoms with Crippen LogP contribution < -0.4 is 0 Å². The van der Waals surface area contributed by atoms with Gasteiger partial charge in [0.2, 0.25) is 0 Å². The van der Waals surface area contributed by atoms with Crippen LogP contribution >= 0.6 is 0 Å². The average molecular weight is 1120 g/mol. The summed E-state index contributed by atoms with van der Waals surface area (Å²) in [4.78, 5) is 38.4. The molecule has 0 bridgehead atoms. The highest BCUT2D eigenvalue weighted by Gasteiger charge is 2.19. The number of rotatable bonds is 59. The molecule has 0 heterocycles. The van der Waals surface area contributed by atoms with Gasteiger partial charge >= 0.3 is 17.9 Å². The van der Waals surface area contributed by atoms with Crippen molar-refractivity contribution in [3.63, 3.8) is 0 Å². The predicted octanol–water partition coefficient (Wildman–Crippen LogP) is 23.1. The van der Waals surface area contributed by atoms with Gasteiger partial charge in [-0.15, -0.1) is 0 Å². The summed E-state index contributed by atoms with van der Waals surface area (Å²) in [7, 11) is 0. The Balaban J connectivity index is 4.42. The summed E-state index contributed by atoms with van der Waals surface area (Å²) in [6.07, 6.45) is 97.1. The molecular weight excluding hydrogens is 997 g/mol. The van der Waals surface area contributed by atoms with Crippen LogP contribution in [0.4, 0.5) is 0 Å². The number of allylic oxidation sites excluding steroid dienone is 24. The van der Waals surface area contributed by atoms with E-state index in [0.717, 1.165) is 173 Å². The van der Waals surface area contributed by atoms with Gasteiger partial charge in [0.1, 0.15) is 13.2 Å². The highest BCUT2D eigenvalue weighted by molar-refractivity contribution is 5.71. The Hall–Kier alpha value is -4.71. The maximum atomic E-state index is 12.9. The summed E-state index contributed by atoms with van der Waals surface area (Å²) < 4.78 is 16.9. The lowest BCUT2D eigenvalue weighted by molar-refractivity contribution is -0.167. The first-order chi connectivity index (χ1) is 40.0. The minimum Gasteiger partial charge on any atom is -0.462 e. The normalized spacial score (nSPS) is 13.1. The van der Waals surface area contributed by atoms with E-state index in [1.807, 2.05) is 0 Å². The van der Waals surface area contributed by atoms with Crippen molar-refractivity contribution >= 4 is 17.9 Å². The lowest BCUT2D eigenvalue weighted by Crippen LogP contribution is -2.30. The van der Waals surface area contributed by atoms with Gasteiger partial charge in [-0.2, -0.15) is 0 Å². The van der Waals surface area contributed by atoms with Crippen LogP contribution in [0.1, 0.15) is 290 Å². The number of carbonyl (C=O) groups is 3. The van der Waals surface area contributed by atoms with Crippen LogP contribution in [0.5, 0.6) is 0 Å². The zero-order valence-corrected chi connectivity index (χ0v) is 52.5. The Morgan fingerprint density at radius 3 is 0.802 bits per heavy atom. The Kier molecular flexibility index (Phi) is 63.9. The first-order valence-electron chi connectivity index (χ1n) is 33.3. The molecule has 0 aliphatic heterocycles. The molecule has 0 saturated heterocycles. The van der Waals surface area contributed by atoms with Crippen LogP contribution in [-0.4, -0.2) is 37.2 Å². The molecule has 0 aromatic heterocycles. The molecule has 1 unspecified atom stereocenters. The van der Waals surface area contributed by atoms with E-state index in [2.05, 4.69) is 167 Å². The second-order valence-corrected chi connectivity index (χ2v) is 21.6. The molecule has 0 amide bonds. The second kappa shape index (κ2) is 67.8. The fourth-order valence-corrected chi connectivity index (χ4v) is 8.82. The van der Waals surface area contributed by atoms with Crippen molar-refractivity contribution in [2.75, 3.05) is 13.2 Å². The van der Waals surface area contributed by atoms with Gasteiger partial charge in [0.25, 0.3) is 0 Å². The van der Waals surface area contributed by atoms with E-state index in [4.69, 9.17) is 14.2 Å². The number of unbranched alkanes of at least 4 members (excludes halogenated alkanes) is 24.